The van der Waals surface area contributed by atoms with Crippen molar-refractivity contribution in [1.29, 1.82) is 0 Å². The molecular weight excluding hydrogens is 448 g/mol. The van der Waals surface area contributed by atoms with E-state index in [-0.39, 0.29) is 5.04 Å². The number of rotatable bonds is 12. The van der Waals surface area contributed by atoms with E-state index in [2.05, 4.69) is 33.9 Å². The van der Waals surface area contributed by atoms with Crippen molar-refractivity contribution in [2.75, 3.05) is 41.7 Å². The van der Waals surface area contributed by atoms with Gasteiger partial charge in [-0.25, -0.2) is 0 Å². The van der Waals surface area contributed by atoms with Gasteiger partial charge in [0.15, 0.2) is 31.3 Å². The highest BCUT2D eigenvalue weighted by molar-refractivity contribution is 6.74. The zero-order chi connectivity index (χ0) is 25.4. The SMILES string of the molecule is COc1ccc(/C=C\c2cc(OC)c(OC)c(OC)c2)cc1OCCCO[Si](C)(C)C(C)(C)C. The van der Waals surface area contributed by atoms with Gasteiger partial charge in [0.05, 0.1) is 35.0 Å². The monoisotopic (exact) mass is 488 g/mol. The van der Waals surface area contributed by atoms with Crippen LogP contribution in [0.25, 0.3) is 12.2 Å². The summed E-state index contributed by atoms with van der Waals surface area (Å²) in [5.74, 6) is 3.21. The lowest BCUT2D eigenvalue weighted by molar-refractivity contribution is 0.228. The number of methoxy groups -OCH3 is 4. The summed E-state index contributed by atoms with van der Waals surface area (Å²) in [6.45, 7) is 12.5. The Bertz CT molecular complexity index is 937. The predicted octanol–water partition coefficient (Wildman–Crippen LogP) is 6.68. The van der Waals surface area contributed by atoms with Crippen LogP contribution in [0.5, 0.6) is 28.7 Å². The minimum absolute atomic E-state index is 0.204. The Hall–Kier alpha value is -2.64. The Labute approximate surface area is 205 Å². The van der Waals surface area contributed by atoms with Crippen molar-refractivity contribution in [3.63, 3.8) is 0 Å². The molecule has 0 spiro atoms. The maximum Gasteiger partial charge on any atom is 0.203 e. The van der Waals surface area contributed by atoms with Crippen LogP contribution in [0.2, 0.25) is 18.1 Å². The molecule has 6 nitrogen and oxygen atoms in total. The molecule has 0 radical (unpaired) electrons. The topological polar surface area (TPSA) is 55.4 Å². The van der Waals surface area contributed by atoms with Crippen LogP contribution in [0.3, 0.4) is 0 Å². The van der Waals surface area contributed by atoms with Crippen LogP contribution < -0.4 is 23.7 Å². The van der Waals surface area contributed by atoms with Crippen molar-refractivity contribution < 1.29 is 28.1 Å². The van der Waals surface area contributed by atoms with Crippen LogP contribution in [0.15, 0.2) is 30.3 Å². The van der Waals surface area contributed by atoms with E-state index in [1.165, 1.54) is 0 Å². The van der Waals surface area contributed by atoms with Crippen molar-refractivity contribution in [3.8, 4) is 28.7 Å². The molecule has 0 aliphatic rings. The van der Waals surface area contributed by atoms with Crippen molar-refractivity contribution in [1.82, 2.24) is 0 Å². The highest BCUT2D eigenvalue weighted by Gasteiger charge is 2.36. The van der Waals surface area contributed by atoms with E-state index in [9.17, 15) is 0 Å². The second kappa shape index (κ2) is 12.2. The van der Waals surface area contributed by atoms with Crippen molar-refractivity contribution >= 4 is 20.5 Å². The van der Waals surface area contributed by atoms with Crippen LogP contribution in [0.4, 0.5) is 0 Å². The molecule has 0 unspecified atom stereocenters. The maximum atomic E-state index is 6.24. The van der Waals surface area contributed by atoms with Gasteiger partial charge in [-0.3, -0.25) is 0 Å². The first-order valence-corrected chi connectivity index (χ1v) is 14.4. The van der Waals surface area contributed by atoms with Gasteiger partial charge in [0.1, 0.15) is 0 Å². The van der Waals surface area contributed by atoms with Crippen LogP contribution in [0, 0.1) is 0 Å². The first-order valence-electron chi connectivity index (χ1n) is 11.5. The Morgan fingerprint density at radius 3 is 1.79 bits per heavy atom. The van der Waals surface area contributed by atoms with Crippen molar-refractivity contribution in [3.05, 3.63) is 41.5 Å². The number of hydrogen-bond donors (Lipinski definition) is 0. The average molecular weight is 489 g/mol. The summed E-state index contributed by atoms with van der Waals surface area (Å²) in [7, 11) is 4.71. The average Bonchev–Trinajstić information content (AvgIpc) is 2.80. The quantitative estimate of drug-likeness (QED) is 0.189. The number of ether oxygens (including phenoxy) is 5. The lowest BCUT2D eigenvalue weighted by Crippen LogP contribution is -2.41. The highest BCUT2D eigenvalue weighted by Crippen LogP contribution is 2.39. The molecule has 0 N–H and O–H groups in total. The fraction of sp³-hybridized carbons (Fsp3) is 0.481. The third-order valence-electron chi connectivity index (χ3n) is 6.16. The van der Waals surface area contributed by atoms with Gasteiger partial charge in [-0.15, -0.1) is 0 Å². The number of benzene rings is 2. The van der Waals surface area contributed by atoms with Gasteiger partial charge in [0.2, 0.25) is 5.75 Å². The van der Waals surface area contributed by atoms with E-state index in [0.717, 1.165) is 17.5 Å². The molecule has 34 heavy (non-hydrogen) atoms. The van der Waals surface area contributed by atoms with Gasteiger partial charge in [-0.2, -0.15) is 0 Å². The van der Waals surface area contributed by atoms with E-state index < -0.39 is 8.32 Å². The standard InChI is InChI=1S/C27H40O6Si/c1-27(2,3)34(8,9)33-16-10-15-32-23-17-20(13-14-22(23)28-4)11-12-21-18-24(29-5)26(31-7)25(19-21)30-6/h11-14,17-19H,10,15-16H2,1-9H3/b12-11-. The van der Waals surface area contributed by atoms with Crippen LogP contribution in [-0.4, -0.2) is 50.0 Å². The lowest BCUT2D eigenvalue weighted by Gasteiger charge is -2.36. The van der Waals surface area contributed by atoms with Crippen molar-refractivity contribution in [2.45, 2.75) is 45.3 Å². The third kappa shape index (κ3) is 7.18. The molecule has 0 saturated heterocycles. The molecule has 2 aromatic carbocycles. The Kier molecular flexibility index (Phi) is 9.88. The molecule has 0 fully saturated rings. The molecule has 188 valence electrons. The molecule has 0 amide bonds. The van der Waals surface area contributed by atoms with Gasteiger partial charge < -0.3 is 28.1 Å². The summed E-state index contributed by atoms with van der Waals surface area (Å²) in [5, 5.41) is 0.204. The smallest absolute Gasteiger partial charge is 0.203 e. The molecule has 0 bridgehead atoms. The molecule has 0 atom stereocenters. The van der Waals surface area contributed by atoms with Crippen LogP contribution in [0.1, 0.15) is 38.3 Å². The Morgan fingerprint density at radius 1 is 0.706 bits per heavy atom. The minimum atomic E-state index is -1.74. The second-order valence-electron chi connectivity index (χ2n) is 9.51. The molecular formula is C27H40O6Si. The summed E-state index contributed by atoms with van der Waals surface area (Å²) in [6, 6.07) is 9.68. The molecule has 0 heterocycles. The van der Waals surface area contributed by atoms with Gasteiger partial charge in [0.25, 0.3) is 0 Å². The van der Waals surface area contributed by atoms with Crippen LogP contribution >= 0.6 is 0 Å². The van der Waals surface area contributed by atoms with E-state index >= 15 is 0 Å². The summed E-state index contributed by atoms with van der Waals surface area (Å²) >= 11 is 0. The molecule has 2 rings (SSSR count). The maximum absolute atomic E-state index is 6.24. The van der Waals surface area contributed by atoms with Crippen molar-refractivity contribution in [2.24, 2.45) is 0 Å². The Balaban J connectivity index is 2.08. The second-order valence-corrected chi connectivity index (χ2v) is 14.3. The highest BCUT2D eigenvalue weighted by atomic mass is 28.4. The van der Waals surface area contributed by atoms with E-state index in [1.807, 2.05) is 42.5 Å². The van der Waals surface area contributed by atoms with E-state index in [4.69, 9.17) is 28.1 Å². The van der Waals surface area contributed by atoms with Gasteiger partial charge in [-0.1, -0.05) is 39.0 Å². The summed E-state index contributed by atoms with van der Waals surface area (Å²) < 4.78 is 34.0. The summed E-state index contributed by atoms with van der Waals surface area (Å²) in [4.78, 5) is 0. The first kappa shape index (κ1) is 27.6. The Morgan fingerprint density at radius 2 is 1.26 bits per heavy atom. The zero-order valence-corrected chi connectivity index (χ0v) is 23.1. The minimum Gasteiger partial charge on any atom is -0.493 e. The van der Waals surface area contributed by atoms with Gasteiger partial charge in [0, 0.05) is 13.0 Å². The van der Waals surface area contributed by atoms with Gasteiger partial charge in [-0.05, 0) is 53.5 Å². The molecule has 0 saturated carbocycles. The van der Waals surface area contributed by atoms with E-state index in [0.29, 0.717) is 42.0 Å². The molecule has 0 aliphatic heterocycles. The zero-order valence-electron chi connectivity index (χ0n) is 22.1. The third-order valence-corrected chi connectivity index (χ3v) is 10.7. The summed E-state index contributed by atoms with van der Waals surface area (Å²) in [6.07, 6.45) is 4.82. The largest absolute Gasteiger partial charge is 0.493 e. The van der Waals surface area contributed by atoms with Gasteiger partial charge >= 0.3 is 0 Å². The lowest BCUT2D eigenvalue weighted by atomic mass is 10.1. The number of hydrogen-bond acceptors (Lipinski definition) is 6. The fourth-order valence-corrected chi connectivity index (χ4v) is 4.17. The van der Waals surface area contributed by atoms with E-state index in [1.54, 1.807) is 28.4 Å². The van der Waals surface area contributed by atoms with Crippen LogP contribution in [-0.2, 0) is 4.43 Å². The summed E-state index contributed by atoms with van der Waals surface area (Å²) in [5.41, 5.74) is 1.91. The first-order chi connectivity index (χ1) is 16.1. The molecule has 7 heteroatoms. The predicted molar refractivity (Wildman–Crippen MR) is 141 cm³/mol. The molecule has 0 aliphatic carbocycles. The molecule has 0 aromatic heterocycles. The molecule has 2 aromatic rings. The fourth-order valence-electron chi connectivity index (χ4n) is 3.08. The normalized spacial score (nSPS) is 12.0.